The van der Waals surface area contributed by atoms with Gasteiger partial charge in [0.25, 0.3) is 0 Å². The van der Waals surface area contributed by atoms with Crippen LogP contribution in [0.2, 0.25) is 0 Å². The molecule has 0 atom stereocenters. The standard InChI is InChI=1S/C15H13F4NO.ClH/c16-13-9-11(4-5-14(13)21-7-6-20)10-2-1-3-12(8-10)15(17,18)19;/h1-5,8-9H,6-7,20H2;1H. The summed E-state index contributed by atoms with van der Waals surface area (Å²) in [5.41, 5.74) is 5.11. The molecule has 0 fully saturated rings. The molecule has 2 aromatic rings. The van der Waals surface area contributed by atoms with E-state index in [0.717, 1.165) is 18.2 Å². The van der Waals surface area contributed by atoms with Crippen LogP contribution < -0.4 is 10.5 Å². The molecule has 0 radical (unpaired) electrons. The van der Waals surface area contributed by atoms with Gasteiger partial charge in [0.1, 0.15) is 6.61 Å². The minimum Gasteiger partial charge on any atom is -0.489 e. The predicted molar refractivity (Wildman–Crippen MR) is 78.6 cm³/mol. The third-order valence-electron chi connectivity index (χ3n) is 2.83. The largest absolute Gasteiger partial charge is 0.489 e. The second-order valence-corrected chi connectivity index (χ2v) is 4.36. The summed E-state index contributed by atoms with van der Waals surface area (Å²) in [6.45, 7) is 0.411. The van der Waals surface area contributed by atoms with Gasteiger partial charge in [0.2, 0.25) is 0 Å². The third kappa shape index (κ3) is 4.35. The Morgan fingerprint density at radius 1 is 1.00 bits per heavy atom. The van der Waals surface area contributed by atoms with Gasteiger partial charge in [0.15, 0.2) is 11.6 Å². The summed E-state index contributed by atoms with van der Waals surface area (Å²) in [7, 11) is 0. The summed E-state index contributed by atoms with van der Waals surface area (Å²) in [5.74, 6) is -0.616. The van der Waals surface area contributed by atoms with Crippen molar-refractivity contribution in [3.05, 3.63) is 53.8 Å². The van der Waals surface area contributed by atoms with E-state index < -0.39 is 17.6 Å². The number of hydrogen-bond acceptors (Lipinski definition) is 2. The highest BCUT2D eigenvalue weighted by atomic mass is 35.5. The van der Waals surface area contributed by atoms with Crippen LogP contribution in [-0.2, 0) is 6.18 Å². The maximum atomic E-state index is 13.8. The molecule has 0 bridgehead atoms. The van der Waals surface area contributed by atoms with Crippen molar-refractivity contribution in [2.45, 2.75) is 6.18 Å². The van der Waals surface area contributed by atoms with Crippen LogP contribution in [0, 0.1) is 5.82 Å². The van der Waals surface area contributed by atoms with Crippen molar-refractivity contribution >= 4 is 12.4 Å². The summed E-state index contributed by atoms with van der Waals surface area (Å²) in [6.07, 6.45) is -4.43. The highest BCUT2D eigenvalue weighted by molar-refractivity contribution is 5.85. The number of rotatable bonds is 4. The van der Waals surface area contributed by atoms with Gasteiger partial charge < -0.3 is 10.5 Å². The molecule has 0 saturated heterocycles. The van der Waals surface area contributed by atoms with Crippen LogP contribution >= 0.6 is 12.4 Å². The summed E-state index contributed by atoms with van der Waals surface area (Å²) in [4.78, 5) is 0. The lowest BCUT2D eigenvalue weighted by molar-refractivity contribution is -0.137. The Bertz CT molecular complexity index is 631. The van der Waals surface area contributed by atoms with Gasteiger partial charge in [0.05, 0.1) is 5.56 Å². The van der Waals surface area contributed by atoms with Crippen LogP contribution in [0.3, 0.4) is 0 Å². The first-order valence-corrected chi connectivity index (χ1v) is 6.22. The van der Waals surface area contributed by atoms with Crippen LogP contribution in [0.25, 0.3) is 11.1 Å². The summed E-state index contributed by atoms with van der Waals surface area (Å²) in [6, 6.07) is 8.75. The molecule has 0 aromatic heterocycles. The Kier molecular flexibility index (Phi) is 6.20. The minimum atomic E-state index is -4.43. The van der Waals surface area contributed by atoms with Crippen molar-refractivity contribution in [2.75, 3.05) is 13.2 Å². The van der Waals surface area contributed by atoms with Crippen molar-refractivity contribution in [1.82, 2.24) is 0 Å². The van der Waals surface area contributed by atoms with E-state index in [0.29, 0.717) is 5.56 Å². The molecule has 2 N–H and O–H groups in total. The first-order chi connectivity index (χ1) is 9.91. The number of ether oxygens (including phenoxy) is 1. The molecular formula is C15H14ClF4NO. The fourth-order valence-electron chi connectivity index (χ4n) is 1.84. The summed E-state index contributed by atoms with van der Waals surface area (Å²) < 4.78 is 56.9. The molecule has 0 unspecified atom stereocenters. The Morgan fingerprint density at radius 2 is 1.68 bits per heavy atom. The van der Waals surface area contributed by atoms with Crippen LogP contribution in [-0.4, -0.2) is 13.2 Å². The van der Waals surface area contributed by atoms with E-state index in [2.05, 4.69) is 0 Å². The van der Waals surface area contributed by atoms with Gasteiger partial charge in [0, 0.05) is 6.54 Å². The molecule has 22 heavy (non-hydrogen) atoms. The Balaban J connectivity index is 0.00000242. The summed E-state index contributed by atoms with van der Waals surface area (Å²) >= 11 is 0. The fourth-order valence-corrected chi connectivity index (χ4v) is 1.84. The third-order valence-corrected chi connectivity index (χ3v) is 2.83. The van der Waals surface area contributed by atoms with Gasteiger partial charge in [-0.1, -0.05) is 18.2 Å². The number of alkyl halides is 3. The quantitative estimate of drug-likeness (QED) is 0.847. The number of benzene rings is 2. The SMILES string of the molecule is Cl.NCCOc1ccc(-c2cccc(C(F)(F)F)c2)cc1F. The monoisotopic (exact) mass is 335 g/mol. The fraction of sp³-hybridized carbons (Fsp3) is 0.200. The first kappa shape index (κ1) is 18.3. The van der Waals surface area contributed by atoms with E-state index in [1.165, 1.54) is 24.3 Å². The number of nitrogens with two attached hydrogens (primary N) is 1. The van der Waals surface area contributed by atoms with Crippen LogP contribution in [0.1, 0.15) is 5.56 Å². The van der Waals surface area contributed by atoms with Gasteiger partial charge in [-0.15, -0.1) is 12.4 Å². The second kappa shape index (κ2) is 7.47. The van der Waals surface area contributed by atoms with E-state index in [1.807, 2.05) is 0 Å². The van der Waals surface area contributed by atoms with E-state index in [-0.39, 0.29) is 36.9 Å². The zero-order chi connectivity index (χ0) is 15.5. The smallest absolute Gasteiger partial charge is 0.416 e. The highest BCUT2D eigenvalue weighted by Gasteiger charge is 2.30. The zero-order valence-electron chi connectivity index (χ0n) is 11.4. The maximum absolute atomic E-state index is 13.8. The molecule has 2 nitrogen and oxygen atoms in total. The van der Waals surface area contributed by atoms with Crippen LogP contribution in [0.5, 0.6) is 5.75 Å². The normalized spacial score (nSPS) is 11.0. The van der Waals surface area contributed by atoms with E-state index in [4.69, 9.17) is 10.5 Å². The molecule has 0 spiro atoms. The molecule has 0 aliphatic carbocycles. The van der Waals surface area contributed by atoms with Crippen LogP contribution in [0.15, 0.2) is 42.5 Å². The van der Waals surface area contributed by atoms with Crippen molar-refractivity contribution in [3.63, 3.8) is 0 Å². The van der Waals surface area contributed by atoms with E-state index in [1.54, 1.807) is 0 Å². The van der Waals surface area contributed by atoms with E-state index in [9.17, 15) is 17.6 Å². The topological polar surface area (TPSA) is 35.2 Å². The molecule has 0 aliphatic heterocycles. The Labute approximate surface area is 131 Å². The van der Waals surface area contributed by atoms with Crippen molar-refractivity contribution in [1.29, 1.82) is 0 Å². The minimum absolute atomic E-state index is 0. The summed E-state index contributed by atoms with van der Waals surface area (Å²) in [5, 5.41) is 0. The molecule has 0 saturated carbocycles. The van der Waals surface area contributed by atoms with Crippen molar-refractivity contribution in [3.8, 4) is 16.9 Å². The van der Waals surface area contributed by atoms with Crippen molar-refractivity contribution < 1.29 is 22.3 Å². The van der Waals surface area contributed by atoms with E-state index >= 15 is 0 Å². The van der Waals surface area contributed by atoms with Gasteiger partial charge in [-0.05, 0) is 35.4 Å². The maximum Gasteiger partial charge on any atom is 0.416 e. The zero-order valence-corrected chi connectivity index (χ0v) is 12.2. The van der Waals surface area contributed by atoms with Gasteiger partial charge in [-0.3, -0.25) is 0 Å². The van der Waals surface area contributed by atoms with Gasteiger partial charge >= 0.3 is 6.18 Å². The lowest BCUT2D eigenvalue weighted by Gasteiger charge is -2.10. The molecule has 7 heteroatoms. The molecule has 2 aromatic carbocycles. The Hall–Kier alpha value is -1.79. The van der Waals surface area contributed by atoms with Gasteiger partial charge in [-0.25, -0.2) is 4.39 Å². The lowest BCUT2D eigenvalue weighted by atomic mass is 10.0. The molecule has 0 amide bonds. The Morgan fingerprint density at radius 3 is 2.27 bits per heavy atom. The predicted octanol–water partition coefficient (Wildman–Crippen LogP) is 4.27. The number of hydrogen-bond donors (Lipinski definition) is 1. The van der Waals surface area contributed by atoms with Crippen molar-refractivity contribution in [2.24, 2.45) is 5.73 Å². The van der Waals surface area contributed by atoms with Crippen LogP contribution in [0.4, 0.5) is 17.6 Å². The molecular weight excluding hydrogens is 322 g/mol. The molecule has 0 heterocycles. The van der Waals surface area contributed by atoms with Gasteiger partial charge in [-0.2, -0.15) is 13.2 Å². The molecule has 2 rings (SSSR count). The molecule has 120 valence electrons. The lowest BCUT2D eigenvalue weighted by Crippen LogP contribution is -2.11. The second-order valence-electron chi connectivity index (χ2n) is 4.36. The number of halogens is 5. The average Bonchev–Trinajstić information content (AvgIpc) is 2.45. The highest BCUT2D eigenvalue weighted by Crippen LogP contribution is 2.33. The first-order valence-electron chi connectivity index (χ1n) is 6.22. The average molecular weight is 336 g/mol. The molecule has 0 aliphatic rings.